The highest BCUT2D eigenvalue weighted by Gasteiger charge is 2.53. The van der Waals surface area contributed by atoms with Crippen LogP contribution in [0.25, 0.3) is 0 Å². The number of esters is 1. The fraction of sp³-hybridized carbons (Fsp3) is 0.733. The highest BCUT2D eigenvalue weighted by Crippen LogP contribution is 2.54. The molecule has 0 bridgehead atoms. The number of fused-ring (bicyclic) bond motifs is 3. The van der Waals surface area contributed by atoms with Gasteiger partial charge in [-0.2, -0.15) is 0 Å². The van der Waals surface area contributed by atoms with Crippen LogP contribution in [0.1, 0.15) is 46.5 Å². The summed E-state index contributed by atoms with van der Waals surface area (Å²) in [5.74, 6) is 0.407. The average molecular weight is 248 g/mol. The fourth-order valence-electron chi connectivity index (χ4n) is 4.05. The third kappa shape index (κ3) is 1.42. The van der Waals surface area contributed by atoms with Crippen molar-refractivity contribution in [3.63, 3.8) is 0 Å². The van der Waals surface area contributed by atoms with E-state index in [1.165, 1.54) is 0 Å². The monoisotopic (exact) mass is 248 g/mol. The maximum absolute atomic E-state index is 11.9. The topological polar surface area (TPSA) is 43.4 Å². The van der Waals surface area contributed by atoms with E-state index in [4.69, 9.17) is 4.74 Å². The Morgan fingerprint density at radius 2 is 2.00 bits per heavy atom. The molecule has 0 radical (unpaired) electrons. The van der Waals surface area contributed by atoms with Crippen molar-refractivity contribution in [2.24, 2.45) is 17.3 Å². The minimum absolute atomic E-state index is 0.0168. The minimum Gasteiger partial charge on any atom is -0.457 e. The van der Waals surface area contributed by atoms with E-state index in [0.29, 0.717) is 6.42 Å². The van der Waals surface area contributed by atoms with Crippen LogP contribution in [-0.2, 0) is 14.3 Å². The summed E-state index contributed by atoms with van der Waals surface area (Å²) in [6.07, 6.45) is 3.55. The van der Waals surface area contributed by atoms with E-state index in [2.05, 4.69) is 6.92 Å². The highest BCUT2D eigenvalue weighted by atomic mass is 16.6. The molecule has 0 aromatic carbocycles. The van der Waals surface area contributed by atoms with Gasteiger partial charge in [-0.3, -0.25) is 9.59 Å². The van der Waals surface area contributed by atoms with E-state index in [0.717, 1.165) is 30.4 Å². The van der Waals surface area contributed by atoms with Crippen molar-refractivity contribution >= 4 is 11.8 Å². The first-order chi connectivity index (χ1) is 8.44. The van der Waals surface area contributed by atoms with Crippen LogP contribution in [-0.4, -0.2) is 17.9 Å². The number of ketones is 1. The second kappa shape index (κ2) is 3.69. The third-order valence-electron chi connectivity index (χ3n) is 5.34. The zero-order valence-corrected chi connectivity index (χ0v) is 11.3. The predicted octanol–water partition coefficient (Wildman–Crippen LogP) is 2.64. The van der Waals surface area contributed by atoms with Crippen molar-refractivity contribution in [3.8, 4) is 0 Å². The molecule has 4 unspecified atom stereocenters. The molecule has 2 fully saturated rings. The standard InChI is InChI=1S/C15H20O3/c1-8-10-4-6-15(3)7-5-11(16)9(2)12(15)13(10)18-14(8)17/h8,10,13H,4-7H2,1-3H3. The van der Waals surface area contributed by atoms with Gasteiger partial charge in [0.25, 0.3) is 0 Å². The van der Waals surface area contributed by atoms with Gasteiger partial charge in [0.2, 0.25) is 0 Å². The molecule has 2 aliphatic carbocycles. The first-order valence-corrected chi connectivity index (χ1v) is 6.89. The second-order valence-electron chi connectivity index (χ2n) is 6.37. The zero-order chi connectivity index (χ0) is 13.1. The molecule has 98 valence electrons. The van der Waals surface area contributed by atoms with Gasteiger partial charge >= 0.3 is 5.97 Å². The van der Waals surface area contributed by atoms with E-state index in [9.17, 15) is 9.59 Å². The third-order valence-corrected chi connectivity index (χ3v) is 5.34. The van der Waals surface area contributed by atoms with Crippen LogP contribution in [0, 0.1) is 17.3 Å². The molecule has 0 N–H and O–H groups in total. The van der Waals surface area contributed by atoms with Crippen molar-refractivity contribution in [1.82, 2.24) is 0 Å². The zero-order valence-electron chi connectivity index (χ0n) is 11.3. The Kier molecular flexibility index (Phi) is 2.45. The number of Topliss-reactive ketones (excluding diaryl/α,β-unsaturated/α-hetero) is 1. The lowest BCUT2D eigenvalue weighted by Crippen LogP contribution is -2.41. The molecular weight excluding hydrogens is 228 g/mol. The van der Waals surface area contributed by atoms with Gasteiger partial charge in [-0.05, 0) is 42.7 Å². The summed E-state index contributed by atoms with van der Waals surface area (Å²) in [5.41, 5.74) is 2.07. The summed E-state index contributed by atoms with van der Waals surface area (Å²) in [6.45, 7) is 6.09. The molecule has 1 saturated carbocycles. The van der Waals surface area contributed by atoms with Gasteiger partial charge in [0, 0.05) is 12.3 Å². The summed E-state index contributed by atoms with van der Waals surface area (Å²) in [4.78, 5) is 23.7. The van der Waals surface area contributed by atoms with E-state index >= 15 is 0 Å². The first-order valence-electron chi connectivity index (χ1n) is 6.89. The molecular formula is C15H20O3. The Labute approximate surface area is 108 Å². The van der Waals surface area contributed by atoms with Crippen LogP contribution < -0.4 is 0 Å². The van der Waals surface area contributed by atoms with Gasteiger partial charge in [0.15, 0.2) is 5.78 Å². The Morgan fingerprint density at radius 3 is 2.72 bits per heavy atom. The lowest BCUT2D eigenvalue weighted by Gasteiger charge is -2.45. The molecule has 1 saturated heterocycles. The van der Waals surface area contributed by atoms with E-state index in [1.807, 2.05) is 13.8 Å². The van der Waals surface area contributed by atoms with Gasteiger partial charge in [-0.1, -0.05) is 13.8 Å². The van der Waals surface area contributed by atoms with Crippen LogP contribution in [0.3, 0.4) is 0 Å². The van der Waals surface area contributed by atoms with Crippen LogP contribution in [0.15, 0.2) is 11.1 Å². The molecule has 1 aliphatic heterocycles. The number of hydrogen-bond donors (Lipinski definition) is 0. The minimum atomic E-state index is -0.129. The molecule has 3 nitrogen and oxygen atoms in total. The number of allylic oxidation sites excluding steroid dienone is 1. The molecule has 0 spiro atoms. The Bertz CT molecular complexity index is 462. The van der Waals surface area contributed by atoms with Gasteiger partial charge in [-0.25, -0.2) is 0 Å². The van der Waals surface area contributed by atoms with E-state index < -0.39 is 0 Å². The number of carbonyl (C=O) groups excluding carboxylic acids is 2. The fourth-order valence-corrected chi connectivity index (χ4v) is 4.05. The van der Waals surface area contributed by atoms with Crippen molar-refractivity contribution < 1.29 is 14.3 Å². The average Bonchev–Trinajstić information content (AvgIpc) is 2.60. The molecule has 1 heterocycles. The van der Waals surface area contributed by atoms with Crippen molar-refractivity contribution in [1.29, 1.82) is 0 Å². The largest absolute Gasteiger partial charge is 0.457 e. The van der Waals surface area contributed by atoms with Crippen molar-refractivity contribution in [3.05, 3.63) is 11.1 Å². The van der Waals surface area contributed by atoms with Gasteiger partial charge in [0.1, 0.15) is 6.10 Å². The number of rotatable bonds is 0. The molecule has 0 aromatic rings. The van der Waals surface area contributed by atoms with Gasteiger partial charge < -0.3 is 4.74 Å². The molecule has 3 heteroatoms. The van der Waals surface area contributed by atoms with Crippen molar-refractivity contribution in [2.45, 2.75) is 52.6 Å². The molecule has 3 aliphatic rings. The molecule has 3 rings (SSSR count). The summed E-state index contributed by atoms with van der Waals surface area (Å²) in [6, 6.07) is 0. The Hall–Kier alpha value is -1.12. The molecule has 4 atom stereocenters. The van der Waals surface area contributed by atoms with Gasteiger partial charge in [0.05, 0.1) is 5.92 Å². The Morgan fingerprint density at radius 1 is 1.28 bits per heavy atom. The predicted molar refractivity (Wildman–Crippen MR) is 66.8 cm³/mol. The van der Waals surface area contributed by atoms with Gasteiger partial charge in [-0.15, -0.1) is 0 Å². The summed E-state index contributed by atoms with van der Waals surface area (Å²) < 4.78 is 5.58. The summed E-state index contributed by atoms with van der Waals surface area (Å²) in [7, 11) is 0. The molecule has 0 aromatic heterocycles. The number of hydrogen-bond acceptors (Lipinski definition) is 3. The molecule has 18 heavy (non-hydrogen) atoms. The number of ether oxygens (including phenoxy) is 1. The summed E-state index contributed by atoms with van der Waals surface area (Å²) in [5, 5.41) is 0. The quantitative estimate of drug-likeness (QED) is 0.619. The second-order valence-corrected chi connectivity index (χ2v) is 6.37. The summed E-state index contributed by atoms with van der Waals surface area (Å²) >= 11 is 0. The lowest BCUT2D eigenvalue weighted by atomic mass is 9.59. The lowest BCUT2D eigenvalue weighted by molar-refractivity contribution is -0.143. The number of carbonyl (C=O) groups is 2. The maximum Gasteiger partial charge on any atom is 0.309 e. The maximum atomic E-state index is 11.9. The normalized spacial score (nSPS) is 43.6. The highest BCUT2D eigenvalue weighted by molar-refractivity contribution is 5.97. The van der Waals surface area contributed by atoms with E-state index in [1.54, 1.807) is 0 Å². The first kappa shape index (κ1) is 11.9. The Balaban J connectivity index is 2.09. The van der Waals surface area contributed by atoms with Crippen LogP contribution in [0.4, 0.5) is 0 Å². The van der Waals surface area contributed by atoms with Crippen LogP contribution in [0.2, 0.25) is 0 Å². The van der Waals surface area contributed by atoms with E-state index in [-0.39, 0.29) is 35.1 Å². The SMILES string of the molecule is CC1=C2C3OC(=O)C(C)C3CCC2(C)CCC1=O. The smallest absolute Gasteiger partial charge is 0.309 e. The van der Waals surface area contributed by atoms with Crippen molar-refractivity contribution in [2.75, 3.05) is 0 Å². The molecule has 0 amide bonds. The van der Waals surface area contributed by atoms with Crippen LogP contribution in [0.5, 0.6) is 0 Å². The van der Waals surface area contributed by atoms with Crippen LogP contribution >= 0.6 is 0 Å².